The van der Waals surface area contributed by atoms with E-state index in [1.54, 1.807) is 0 Å². The fraction of sp³-hybridized carbons (Fsp3) is 0.889. The van der Waals surface area contributed by atoms with Gasteiger partial charge in [-0.1, -0.05) is 86.5 Å². The minimum absolute atomic E-state index is 0.199. The third-order valence-electron chi connectivity index (χ3n) is 3.43. The Balaban J connectivity index is -0.000000215. The van der Waals surface area contributed by atoms with Gasteiger partial charge in [0.05, 0.1) is 0 Å². The van der Waals surface area contributed by atoms with Crippen molar-refractivity contribution in [3.63, 3.8) is 0 Å². The molecule has 0 amide bonds. The molecular weight excluding hydrogens is 247 g/mol. The molecule has 1 fully saturated rings. The quantitative estimate of drug-likeness (QED) is 0.437. The summed E-state index contributed by atoms with van der Waals surface area (Å²) in [6.07, 6.45) is 8.08. The standard InChI is InChI=1S/C8H16.C6H13P.2C2H6/c1-7-3-5-8(2)6-4-7;1-5-6(2)7(3)4;2*1-2/h7-8H,3-6H2,1-2H3;5H,1-4H3;2*1-2H3/b;6-5-;;. The fourth-order valence-corrected chi connectivity index (χ4v) is 2.20. The van der Waals surface area contributed by atoms with Crippen LogP contribution in [-0.4, -0.2) is 13.3 Å². The van der Waals surface area contributed by atoms with Crippen molar-refractivity contribution in [2.75, 3.05) is 13.3 Å². The van der Waals surface area contributed by atoms with Crippen LogP contribution in [0, 0.1) is 11.8 Å². The first kappa shape index (κ1) is 24.2. The van der Waals surface area contributed by atoms with Gasteiger partial charge in [0.15, 0.2) is 0 Å². The maximum atomic E-state index is 2.37. The lowest BCUT2D eigenvalue weighted by Crippen LogP contribution is -2.08. The Morgan fingerprint density at radius 1 is 0.842 bits per heavy atom. The molecule has 0 unspecified atom stereocenters. The highest BCUT2D eigenvalue weighted by molar-refractivity contribution is 7.60. The molecule has 0 spiro atoms. The van der Waals surface area contributed by atoms with E-state index in [0.717, 1.165) is 11.8 Å². The lowest BCUT2D eigenvalue weighted by Gasteiger charge is -2.22. The van der Waals surface area contributed by atoms with E-state index in [4.69, 9.17) is 0 Å². The summed E-state index contributed by atoms with van der Waals surface area (Å²) in [4.78, 5) is 0. The summed E-state index contributed by atoms with van der Waals surface area (Å²) in [5.41, 5.74) is 0. The van der Waals surface area contributed by atoms with Gasteiger partial charge in [0, 0.05) is 0 Å². The van der Waals surface area contributed by atoms with E-state index in [-0.39, 0.29) is 7.92 Å². The molecule has 1 heteroatoms. The van der Waals surface area contributed by atoms with E-state index in [0.29, 0.717) is 0 Å². The second-order valence-electron chi connectivity index (χ2n) is 5.19. The topological polar surface area (TPSA) is 0 Å². The van der Waals surface area contributed by atoms with Crippen molar-refractivity contribution in [3.8, 4) is 0 Å². The Morgan fingerprint density at radius 2 is 1.11 bits per heavy atom. The van der Waals surface area contributed by atoms with E-state index in [1.165, 1.54) is 31.0 Å². The first-order chi connectivity index (χ1) is 8.97. The summed E-state index contributed by atoms with van der Waals surface area (Å²) in [5.74, 6) is 2.04. The molecule has 118 valence electrons. The van der Waals surface area contributed by atoms with Gasteiger partial charge >= 0.3 is 0 Å². The molecule has 0 aromatic heterocycles. The van der Waals surface area contributed by atoms with E-state index in [1.807, 2.05) is 27.7 Å². The number of hydrogen-bond donors (Lipinski definition) is 0. The third-order valence-corrected chi connectivity index (χ3v) is 5.10. The van der Waals surface area contributed by atoms with Gasteiger partial charge in [0.1, 0.15) is 0 Å². The Bertz CT molecular complexity index is 164. The summed E-state index contributed by atoms with van der Waals surface area (Å²) >= 11 is 0. The van der Waals surface area contributed by atoms with Gasteiger partial charge in [-0.15, -0.1) is 0 Å². The summed E-state index contributed by atoms with van der Waals surface area (Å²) in [7, 11) is 0.199. The highest BCUT2D eigenvalue weighted by Gasteiger charge is 2.13. The van der Waals surface area contributed by atoms with Gasteiger partial charge in [0.25, 0.3) is 0 Å². The molecular formula is C18H41P. The monoisotopic (exact) mass is 288 g/mol. The zero-order valence-corrected chi connectivity index (χ0v) is 16.4. The zero-order valence-electron chi connectivity index (χ0n) is 15.5. The van der Waals surface area contributed by atoms with Gasteiger partial charge in [-0.05, 0) is 39.0 Å². The van der Waals surface area contributed by atoms with Crippen LogP contribution in [0.2, 0.25) is 0 Å². The largest absolute Gasteiger partial charge is 0.0868 e. The van der Waals surface area contributed by atoms with Gasteiger partial charge in [0.2, 0.25) is 0 Å². The first-order valence-corrected chi connectivity index (χ1v) is 10.5. The van der Waals surface area contributed by atoms with Gasteiger partial charge in [-0.25, -0.2) is 0 Å². The minimum atomic E-state index is 0.199. The summed E-state index contributed by atoms with van der Waals surface area (Å²) in [6.45, 7) is 21.6. The first-order valence-electron chi connectivity index (χ1n) is 8.27. The van der Waals surface area contributed by atoms with Crippen LogP contribution >= 0.6 is 7.92 Å². The molecule has 1 aliphatic rings. The van der Waals surface area contributed by atoms with Crippen LogP contribution in [0.4, 0.5) is 0 Å². The molecule has 1 rings (SSSR count). The van der Waals surface area contributed by atoms with E-state index < -0.39 is 0 Å². The number of rotatable bonds is 1. The lowest BCUT2D eigenvalue weighted by molar-refractivity contribution is 0.308. The van der Waals surface area contributed by atoms with Crippen molar-refractivity contribution in [1.29, 1.82) is 0 Å². The van der Waals surface area contributed by atoms with Crippen molar-refractivity contribution in [2.45, 2.75) is 81.1 Å². The Hall–Kier alpha value is 0.170. The number of hydrogen-bond acceptors (Lipinski definition) is 0. The molecule has 1 aliphatic carbocycles. The summed E-state index contributed by atoms with van der Waals surface area (Å²) < 4.78 is 0. The SMILES string of the molecule is C/C=C(/C)P(C)C.CC.CC.CC1CCC(C)CC1. The minimum Gasteiger partial charge on any atom is -0.0868 e. The van der Waals surface area contributed by atoms with Gasteiger partial charge in [-0.3, -0.25) is 0 Å². The lowest BCUT2D eigenvalue weighted by atomic mass is 9.84. The zero-order chi connectivity index (χ0) is 15.8. The van der Waals surface area contributed by atoms with E-state index in [2.05, 4.69) is 47.1 Å². The molecule has 0 heterocycles. The van der Waals surface area contributed by atoms with Crippen molar-refractivity contribution in [1.82, 2.24) is 0 Å². The molecule has 0 radical (unpaired) electrons. The van der Waals surface area contributed by atoms with Crippen LogP contribution < -0.4 is 0 Å². The van der Waals surface area contributed by atoms with Crippen molar-refractivity contribution in [3.05, 3.63) is 11.4 Å². The van der Waals surface area contributed by atoms with Crippen LogP contribution in [0.5, 0.6) is 0 Å². The summed E-state index contributed by atoms with van der Waals surface area (Å²) in [5, 5.41) is 1.54. The van der Waals surface area contributed by atoms with Crippen LogP contribution in [-0.2, 0) is 0 Å². The van der Waals surface area contributed by atoms with Crippen LogP contribution in [0.3, 0.4) is 0 Å². The van der Waals surface area contributed by atoms with Crippen LogP contribution in [0.25, 0.3) is 0 Å². The predicted octanol–water partition coefficient (Wildman–Crippen LogP) is 7.54. The second kappa shape index (κ2) is 18.2. The molecule has 0 atom stereocenters. The molecule has 0 nitrogen and oxygen atoms in total. The normalized spacial score (nSPS) is 22.2. The predicted molar refractivity (Wildman–Crippen MR) is 97.7 cm³/mol. The fourth-order valence-electron chi connectivity index (χ4n) is 1.68. The maximum Gasteiger partial charge on any atom is -0.0397 e. The third kappa shape index (κ3) is 18.2. The molecule has 0 aromatic carbocycles. The van der Waals surface area contributed by atoms with Crippen molar-refractivity contribution >= 4 is 7.92 Å². The molecule has 0 saturated heterocycles. The molecule has 0 N–H and O–H groups in total. The second-order valence-corrected chi connectivity index (χ2v) is 7.68. The van der Waals surface area contributed by atoms with Crippen LogP contribution in [0.15, 0.2) is 11.4 Å². The van der Waals surface area contributed by atoms with Gasteiger partial charge in [-0.2, -0.15) is 0 Å². The Kier molecular flexibility index (Phi) is 23.1. The van der Waals surface area contributed by atoms with Crippen molar-refractivity contribution in [2.24, 2.45) is 11.8 Å². The molecule has 0 aliphatic heterocycles. The highest BCUT2D eigenvalue weighted by atomic mass is 31.1. The average molecular weight is 289 g/mol. The van der Waals surface area contributed by atoms with E-state index in [9.17, 15) is 0 Å². The van der Waals surface area contributed by atoms with E-state index >= 15 is 0 Å². The summed E-state index contributed by atoms with van der Waals surface area (Å²) in [6, 6.07) is 0. The highest BCUT2D eigenvalue weighted by Crippen LogP contribution is 2.34. The molecule has 0 bridgehead atoms. The smallest absolute Gasteiger partial charge is 0.0397 e. The Labute approximate surface area is 126 Å². The molecule has 0 aromatic rings. The average Bonchev–Trinajstić information content (AvgIpc) is 2.46. The molecule has 1 saturated carbocycles. The van der Waals surface area contributed by atoms with Gasteiger partial charge < -0.3 is 0 Å². The maximum absolute atomic E-state index is 2.37. The van der Waals surface area contributed by atoms with Crippen LogP contribution in [0.1, 0.15) is 81.1 Å². The molecule has 19 heavy (non-hydrogen) atoms. The number of allylic oxidation sites excluding steroid dienone is 2. The van der Waals surface area contributed by atoms with Crippen molar-refractivity contribution < 1.29 is 0 Å². The Morgan fingerprint density at radius 3 is 1.21 bits per heavy atom.